The van der Waals surface area contributed by atoms with Gasteiger partial charge in [0.1, 0.15) is 17.2 Å². The van der Waals surface area contributed by atoms with Gasteiger partial charge in [0.2, 0.25) is 10.6 Å². The summed E-state index contributed by atoms with van der Waals surface area (Å²) in [6, 6.07) is 3.74. The minimum absolute atomic E-state index is 0.421. The fourth-order valence-corrected chi connectivity index (χ4v) is 2.87. The van der Waals surface area contributed by atoms with E-state index in [1.165, 1.54) is 11.3 Å². The number of furan rings is 1. The van der Waals surface area contributed by atoms with E-state index in [4.69, 9.17) is 16.6 Å². The zero-order valence-electron chi connectivity index (χ0n) is 12.0. The van der Waals surface area contributed by atoms with Crippen molar-refractivity contribution in [2.75, 3.05) is 0 Å². The van der Waals surface area contributed by atoms with Crippen molar-refractivity contribution < 1.29 is 4.42 Å². The molecule has 4 rings (SSSR count). The lowest BCUT2D eigenvalue weighted by atomic mass is 10.2. The maximum absolute atomic E-state index is 5.48. The van der Waals surface area contributed by atoms with Crippen LogP contribution in [0.25, 0.3) is 11.5 Å². The maximum atomic E-state index is 5.48. The van der Waals surface area contributed by atoms with Gasteiger partial charge >= 0.3 is 0 Å². The molecule has 0 bridgehead atoms. The van der Waals surface area contributed by atoms with Crippen molar-refractivity contribution in [2.45, 2.75) is 26.2 Å². The molecule has 3 aromatic rings. The second-order valence-electron chi connectivity index (χ2n) is 5.24. The van der Waals surface area contributed by atoms with Crippen LogP contribution in [0.4, 0.5) is 0 Å². The van der Waals surface area contributed by atoms with Crippen molar-refractivity contribution in [1.82, 2.24) is 25.1 Å². The van der Waals surface area contributed by atoms with Crippen molar-refractivity contribution in [3.05, 3.63) is 39.7 Å². The topological polar surface area (TPSA) is 87.8 Å². The van der Waals surface area contributed by atoms with E-state index in [-0.39, 0.29) is 0 Å². The predicted molar refractivity (Wildman–Crippen MR) is 83.5 cm³/mol. The van der Waals surface area contributed by atoms with Crippen molar-refractivity contribution in [3.8, 4) is 11.5 Å². The Bertz CT molecular complexity index is 912. The van der Waals surface area contributed by atoms with E-state index < -0.39 is 0 Å². The van der Waals surface area contributed by atoms with Crippen LogP contribution in [-0.4, -0.2) is 31.3 Å². The summed E-state index contributed by atoms with van der Waals surface area (Å²) in [5.74, 6) is 2.12. The first-order chi connectivity index (χ1) is 10.7. The first-order valence-electron chi connectivity index (χ1n) is 7.07. The van der Waals surface area contributed by atoms with Crippen LogP contribution < -0.4 is 0 Å². The van der Waals surface area contributed by atoms with Crippen LogP contribution in [0.2, 0.25) is 0 Å². The molecule has 8 heteroatoms. The second-order valence-corrected chi connectivity index (χ2v) is 5.63. The van der Waals surface area contributed by atoms with Gasteiger partial charge in [-0.2, -0.15) is 20.0 Å². The Balaban J connectivity index is 1.76. The molecule has 0 spiro atoms. The first kappa shape index (κ1) is 13.2. The van der Waals surface area contributed by atoms with Crippen molar-refractivity contribution in [3.63, 3.8) is 0 Å². The highest BCUT2D eigenvalue weighted by molar-refractivity contribution is 7.71. The Morgan fingerprint density at radius 2 is 2.23 bits per heavy atom. The highest BCUT2D eigenvalue weighted by atomic mass is 32.1. The summed E-state index contributed by atoms with van der Waals surface area (Å²) in [5.41, 5.74) is 3.20. The summed E-state index contributed by atoms with van der Waals surface area (Å²) < 4.78 is 7.47. The summed E-state index contributed by atoms with van der Waals surface area (Å²) in [4.78, 5) is 0. The van der Waals surface area contributed by atoms with Gasteiger partial charge in [-0.1, -0.05) is 0 Å². The molecule has 0 aromatic carbocycles. The lowest BCUT2D eigenvalue weighted by Crippen LogP contribution is -1.97. The third kappa shape index (κ3) is 2.12. The standard InChI is InChI=1S/C14H14N6OS/c1-8-5-6-9(21-8)7-15-20-13(18-19-14(20)22)12-10-3-2-4-11(10)16-17-12/h5-7H,2-4H2,1H3,(H,16,17)(H,19,22). The van der Waals surface area contributed by atoms with E-state index in [2.05, 4.69) is 25.5 Å². The molecular weight excluding hydrogens is 300 g/mol. The largest absolute Gasteiger partial charge is 0.460 e. The zero-order valence-corrected chi connectivity index (χ0v) is 12.8. The quantitative estimate of drug-likeness (QED) is 0.574. The summed E-state index contributed by atoms with van der Waals surface area (Å²) in [6.07, 6.45) is 4.79. The van der Waals surface area contributed by atoms with Crippen LogP contribution >= 0.6 is 12.2 Å². The summed E-state index contributed by atoms with van der Waals surface area (Å²) in [7, 11) is 0. The van der Waals surface area contributed by atoms with E-state index in [1.54, 1.807) is 10.9 Å². The zero-order chi connectivity index (χ0) is 15.1. The van der Waals surface area contributed by atoms with Crippen LogP contribution in [0.5, 0.6) is 0 Å². The number of nitrogens with one attached hydrogen (secondary N) is 2. The Morgan fingerprint density at radius 1 is 1.32 bits per heavy atom. The normalized spacial score (nSPS) is 14.0. The minimum Gasteiger partial charge on any atom is -0.460 e. The molecule has 0 atom stereocenters. The molecule has 0 aliphatic heterocycles. The lowest BCUT2D eigenvalue weighted by molar-refractivity contribution is 0.527. The number of fused-ring (bicyclic) bond motifs is 1. The number of rotatable bonds is 3. The number of aromatic amines is 2. The van der Waals surface area contributed by atoms with Gasteiger partial charge in [-0.25, -0.2) is 5.10 Å². The smallest absolute Gasteiger partial charge is 0.216 e. The van der Waals surface area contributed by atoms with Crippen LogP contribution in [0.1, 0.15) is 29.2 Å². The highest BCUT2D eigenvalue weighted by Gasteiger charge is 2.23. The van der Waals surface area contributed by atoms with Gasteiger partial charge in [0.15, 0.2) is 0 Å². The third-order valence-corrected chi connectivity index (χ3v) is 3.99. The average Bonchev–Trinajstić information content (AvgIpc) is 3.22. The van der Waals surface area contributed by atoms with Crippen LogP contribution in [-0.2, 0) is 12.8 Å². The molecule has 3 heterocycles. The number of nitrogens with zero attached hydrogens (tertiary/aromatic N) is 4. The fraction of sp³-hybridized carbons (Fsp3) is 0.286. The van der Waals surface area contributed by atoms with Gasteiger partial charge in [0.25, 0.3) is 0 Å². The maximum Gasteiger partial charge on any atom is 0.216 e. The van der Waals surface area contributed by atoms with Crippen molar-refractivity contribution in [1.29, 1.82) is 0 Å². The minimum atomic E-state index is 0.421. The van der Waals surface area contributed by atoms with Crippen molar-refractivity contribution >= 4 is 18.4 Å². The van der Waals surface area contributed by atoms with Crippen LogP contribution in [0.15, 0.2) is 21.7 Å². The van der Waals surface area contributed by atoms with E-state index in [0.29, 0.717) is 16.4 Å². The monoisotopic (exact) mass is 314 g/mol. The molecule has 22 heavy (non-hydrogen) atoms. The third-order valence-electron chi connectivity index (χ3n) is 3.73. The number of hydrogen-bond acceptors (Lipinski definition) is 5. The van der Waals surface area contributed by atoms with Gasteiger partial charge in [0.05, 0.1) is 6.21 Å². The number of aromatic nitrogens is 5. The summed E-state index contributed by atoms with van der Waals surface area (Å²) >= 11 is 5.26. The highest BCUT2D eigenvalue weighted by Crippen LogP contribution is 2.29. The SMILES string of the molecule is Cc1ccc(C=Nn2c(-c3n[nH]c4c3CCC4)n[nH]c2=S)o1. The van der Waals surface area contributed by atoms with E-state index in [0.717, 1.165) is 30.7 Å². The van der Waals surface area contributed by atoms with Crippen LogP contribution in [0.3, 0.4) is 0 Å². The van der Waals surface area contributed by atoms with Gasteiger partial charge in [0, 0.05) is 11.3 Å². The molecule has 0 saturated carbocycles. The van der Waals surface area contributed by atoms with Gasteiger partial charge < -0.3 is 4.42 Å². The molecule has 1 aliphatic rings. The van der Waals surface area contributed by atoms with Gasteiger partial charge in [-0.05, 0) is 50.5 Å². The molecule has 0 radical (unpaired) electrons. The number of aryl methyl sites for hydroxylation is 2. The predicted octanol–water partition coefficient (Wildman–Crippen LogP) is 2.60. The molecule has 7 nitrogen and oxygen atoms in total. The summed E-state index contributed by atoms with van der Waals surface area (Å²) in [5, 5.41) is 18.9. The molecule has 0 amide bonds. The fourth-order valence-electron chi connectivity index (χ4n) is 2.69. The molecule has 0 fully saturated rings. The number of hydrogen-bond donors (Lipinski definition) is 2. The van der Waals surface area contributed by atoms with Crippen LogP contribution in [0, 0.1) is 11.7 Å². The molecule has 1 aliphatic carbocycles. The lowest BCUT2D eigenvalue weighted by Gasteiger charge is -1.99. The molecule has 0 unspecified atom stereocenters. The Morgan fingerprint density at radius 3 is 3.05 bits per heavy atom. The van der Waals surface area contributed by atoms with Gasteiger partial charge in [-0.3, -0.25) is 5.10 Å². The van der Waals surface area contributed by atoms with E-state index in [1.807, 2.05) is 19.1 Å². The van der Waals surface area contributed by atoms with E-state index in [9.17, 15) is 0 Å². The molecular formula is C14H14N6OS. The number of H-pyrrole nitrogens is 2. The van der Waals surface area contributed by atoms with Gasteiger partial charge in [-0.15, -0.1) is 0 Å². The second kappa shape index (κ2) is 5.06. The average molecular weight is 314 g/mol. The summed E-state index contributed by atoms with van der Waals surface area (Å²) in [6.45, 7) is 1.89. The Hall–Kier alpha value is -2.48. The molecule has 112 valence electrons. The first-order valence-corrected chi connectivity index (χ1v) is 7.48. The van der Waals surface area contributed by atoms with Crippen molar-refractivity contribution in [2.24, 2.45) is 5.10 Å². The molecule has 3 aromatic heterocycles. The Kier molecular flexibility index (Phi) is 3.04. The van der Waals surface area contributed by atoms with E-state index >= 15 is 0 Å². The molecule has 0 saturated heterocycles. The molecule has 2 N–H and O–H groups in total. The Labute approximate surface area is 131 Å².